The van der Waals surface area contributed by atoms with Crippen molar-refractivity contribution in [1.82, 2.24) is 10.2 Å². The van der Waals surface area contributed by atoms with Gasteiger partial charge in [0.2, 0.25) is 5.91 Å². The van der Waals surface area contributed by atoms with Crippen molar-refractivity contribution in [2.45, 2.75) is 12.8 Å². The molecule has 0 bridgehead atoms. The first-order valence-electron chi connectivity index (χ1n) is 7.10. The lowest BCUT2D eigenvalue weighted by molar-refractivity contribution is -0.116. The number of aryl methyl sites for hydroxylation is 1. The number of amides is 1. The summed E-state index contributed by atoms with van der Waals surface area (Å²) >= 11 is 0. The smallest absolute Gasteiger partial charge is 0.224 e. The minimum Gasteiger partial charge on any atom is -0.497 e. The van der Waals surface area contributed by atoms with E-state index in [1.54, 1.807) is 13.3 Å². The predicted molar refractivity (Wildman–Crippen MR) is 86.0 cm³/mol. The quantitative estimate of drug-likeness (QED) is 0.760. The summed E-state index contributed by atoms with van der Waals surface area (Å²) in [5.74, 6) is 0.816. The van der Waals surface area contributed by atoms with Gasteiger partial charge >= 0.3 is 0 Å². The standard InChI is InChI=1S/C17H17N3O2/c1-22-15-7-2-12(3-8-15)4-9-17(21)19-14-6-5-13-11-18-20-16(13)10-14/h2-3,5-8,10-11H,4,9H2,1H3,(H,18,20)(H,19,21). The highest BCUT2D eigenvalue weighted by Crippen LogP contribution is 2.17. The third-order valence-electron chi connectivity index (χ3n) is 3.53. The zero-order valence-corrected chi connectivity index (χ0v) is 12.3. The van der Waals surface area contributed by atoms with Gasteiger partial charge in [-0.25, -0.2) is 0 Å². The van der Waals surface area contributed by atoms with E-state index < -0.39 is 0 Å². The van der Waals surface area contributed by atoms with Crippen molar-refractivity contribution in [3.05, 3.63) is 54.2 Å². The second-order valence-corrected chi connectivity index (χ2v) is 5.07. The van der Waals surface area contributed by atoms with E-state index in [0.29, 0.717) is 12.8 Å². The Morgan fingerprint density at radius 2 is 2.05 bits per heavy atom. The average molecular weight is 295 g/mol. The van der Waals surface area contributed by atoms with Crippen LogP contribution in [0.25, 0.3) is 10.9 Å². The van der Waals surface area contributed by atoms with Gasteiger partial charge in [-0.1, -0.05) is 12.1 Å². The summed E-state index contributed by atoms with van der Waals surface area (Å²) in [6.07, 6.45) is 2.89. The van der Waals surface area contributed by atoms with Crippen LogP contribution in [0.2, 0.25) is 0 Å². The molecule has 0 radical (unpaired) electrons. The second-order valence-electron chi connectivity index (χ2n) is 5.07. The van der Waals surface area contributed by atoms with Crippen LogP contribution in [0.15, 0.2) is 48.7 Å². The molecule has 0 aliphatic rings. The topological polar surface area (TPSA) is 67.0 Å². The lowest BCUT2D eigenvalue weighted by atomic mass is 10.1. The molecule has 0 unspecified atom stereocenters. The Kier molecular flexibility index (Phi) is 4.05. The Balaban J connectivity index is 1.57. The van der Waals surface area contributed by atoms with Crippen LogP contribution in [-0.2, 0) is 11.2 Å². The number of hydrogen-bond donors (Lipinski definition) is 2. The first-order chi connectivity index (χ1) is 10.7. The zero-order valence-electron chi connectivity index (χ0n) is 12.3. The van der Waals surface area contributed by atoms with Gasteiger partial charge in [0.1, 0.15) is 5.75 Å². The summed E-state index contributed by atoms with van der Waals surface area (Å²) in [5.41, 5.74) is 2.80. The van der Waals surface area contributed by atoms with Crippen LogP contribution in [0.3, 0.4) is 0 Å². The number of benzene rings is 2. The molecule has 3 aromatic rings. The number of anilines is 1. The number of carbonyl (C=O) groups excluding carboxylic acids is 1. The Labute approximate surface area is 128 Å². The number of aromatic nitrogens is 2. The third kappa shape index (κ3) is 3.25. The lowest BCUT2D eigenvalue weighted by Gasteiger charge is -2.06. The van der Waals surface area contributed by atoms with Crippen LogP contribution >= 0.6 is 0 Å². The van der Waals surface area contributed by atoms with Crippen LogP contribution in [0.4, 0.5) is 5.69 Å². The fourth-order valence-electron chi connectivity index (χ4n) is 2.29. The monoisotopic (exact) mass is 295 g/mol. The van der Waals surface area contributed by atoms with Crippen LogP contribution in [0.5, 0.6) is 5.75 Å². The highest BCUT2D eigenvalue weighted by Gasteiger charge is 2.05. The first-order valence-corrected chi connectivity index (χ1v) is 7.10. The van der Waals surface area contributed by atoms with Crippen LogP contribution in [0, 0.1) is 0 Å². The molecule has 1 aromatic heterocycles. The van der Waals surface area contributed by atoms with E-state index in [0.717, 1.165) is 27.9 Å². The predicted octanol–water partition coefficient (Wildman–Crippen LogP) is 3.14. The third-order valence-corrected chi connectivity index (χ3v) is 3.53. The van der Waals surface area contributed by atoms with Crippen LogP contribution < -0.4 is 10.1 Å². The van der Waals surface area contributed by atoms with Crippen LogP contribution in [-0.4, -0.2) is 23.2 Å². The molecule has 22 heavy (non-hydrogen) atoms. The maximum absolute atomic E-state index is 12.0. The van der Waals surface area contributed by atoms with Crippen molar-refractivity contribution in [1.29, 1.82) is 0 Å². The molecule has 0 aliphatic heterocycles. The SMILES string of the molecule is COc1ccc(CCC(=O)Nc2ccc3cn[nH]c3c2)cc1. The molecule has 2 aromatic carbocycles. The second kappa shape index (κ2) is 6.30. The largest absolute Gasteiger partial charge is 0.497 e. The van der Waals surface area contributed by atoms with Crippen molar-refractivity contribution in [2.24, 2.45) is 0 Å². The molecule has 112 valence electrons. The average Bonchev–Trinajstić information content (AvgIpc) is 3.01. The molecule has 1 heterocycles. The Morgan fingerprint density at radius 3 is 2.82 bits per heavy atom. The number of nitrogens with zero attached hydrogens (tertiary/aromatic N) is 1. The minimum atomic E-state index is -0.00492. The Bertz CT molecular complexity index is 778. The van der Waals surface area contributed by atoms with Crippen molar-refractivity contribution >= 4 is 22.5 Å². The number of nitrogens with one attached hydrogen (secondary N) is 2. The maximum Gasteiger partial charge on any atom is 0.224 e. The van der Waals surface area contributed by atoms with E-state index in [-0.39, 0.29) is 5.91 Å². The van der Waals surface area contributed by atoms with Crippen molar-refractivity contribution in [3.63, 3.8) is 0 Å². The van der Waals surface area contributed by atoms with Crippen molar-refractivity contribution < 1.29 is 9.53 Å². The van der Waals surface area contributed by atoms with Gasteiger partial charge in [-0.05, 0) is 42.3 Å². The molecule has 3 rings (SSSR count). The molecule has 0 saturated heterocycles. The molecule has 5 heteroatoms. The first kappa shape index (κ1) is 14.1. The van der Waals surface area contributed by atoms with Gasteiger partial charge in [-0.2, -0.15) is 5.10 Å². The molecule has 1 amide bonds. The number of methoxy groups -OCH3 is 1. The van der Waals surface area contributed by atoms with Gasteiger partial charge in [-0.15, -0.1) is 0 Å². The Hall–Kier alpha value is -2.82. The maximum atomic E-state index is 12.0. The molecule has 0 aliphatic carbocycles. The van der Waals surface area contributed by atoms with Crippen molar-refractivity contribution in [2.75, 3.05) is 12.4 Å². The minimum absolute atomic E-state index is 0.00492. The number of rotatable bonds is 5. The molecule has 5 nitrogen and oxygen atoms in total. The van der Waals surface area contributed by atoms with E-state index in [4.69, 9.17) is 4.74 Å². The number of carbonyl (C=O) groups is 1. The highest BCUT2D eigenvalue weighted by atomic mass is 16.5. The van der Waals surface area contributed by atoms with E-state index in [1.807, 2.05) is 42.5 Å². The van der Waals surface area contributed by atoms with E-state index in [2.05, 4.69) is 15.5 Å². The molecule has 0 saturated carbocycles. The highest BCUT2D eigenvalue weighted by molar-refractivity contribution is 5.93. The van der Waals surface area contributed by atoms with E-state index in [9.17, 15) is 4.79 Å². The molecule has 2 N–H and O–H groups in total. The van der Waals surface area contributed by atoms with E-state index >= 15 is 0 Å². The summed E-state index contributed by atoms with van der Waals surface area (Å²) in [4.78, 5) is 12.0. The number of hydrogen-bond acceptors (Lipinski definition) is 3. The Morgan fingerprint density at radius 1 is 1.23 bits per heavy atom. The van der Waals surface area contributed by atoms with E-state index in [1.165, 1.54) is 0 Å². The fourth-order valence-corrected chi connectivity index (χ4v) is 2.29. The molecule has 0 atom stereocenters. The summed E-state index contributed by atoms with van der Waals surface area (Å²) < 4.78 is 5.11. The van der Waals surface area contributed by atoms with Gasteiger partial charge < -0.3 is 10.1 Å². The summed E-state index contributed by atoms with van der Waals surface area (Å²) in [7, 11) is 1.64. The molecular formula is C17H17N3O2. The van der Waals surface area contributed by atoms with Gasteiger partial charge in [0, 0.05) is 17.5 Å². The zero-order chi connectivity index (χ0) is 15.4. The van der Waals surface area contributed by atoms with Crippen LogP contribution in [0.1, 0.15) is 12.0 Å². The summed E-state index contributed by atoms with van der Waals surface area (Å²) in [6, 6.07) is 13.4. The van der Waals surface area contributed by atoms with Gasteiger partial charge in [0.25, 0.3) is 0 Å². The molecule has 0 fully saturated rings. The summed E-state index contributed by atoms with van der Waals surface area (Å²) in [5, 5.41) is 10.8. The fraction of sp³-hybridized carbons (Fsp3) is 0.176. The normalized spacial score (nSPS) is 10.6. The van der Waals surface area contributed by atoms with Gasteiger partial charge in [-0.3, -0.25) is 9.89 Å². The number of fused-ring (bicyclic) bond motifs is 1. The van der Waals surface area contributed by atoms with Crippen molar-refractivity contribution in [3.8, 4) is 5.75 Å². The number of ether oxygens (including phenoxy) is 1. The number of H-pyrrole nitrogens is 1. The molecular weight excluding hydrogens is 278 g/mol. The summed E-state index contributed by atoms with van der Waals surface area (Å²) in [6.45, 7) is 0. The van der Waals surface area contributed by atoms with Gasteiger partial charge in [0.15, 0.2) is 0 Å². The lowest BCUT2D eigenvalue weighted by Crippen LogP contribution is -2.12. The van der Waals surface area contributed by atoms with Gasteiger partial charge in [0.05, 0.1) is 18.8 Å². The molecule has 0 spiro atoms. The number of aromatic amines is 1.